The Balaban J connectivity index is 1.45. The van der Waals surface area contributed by atoms with Gasteiger partial charge in [0.25, 0.3) is 5.91 Å². The van der Waals surface area contributed by atoms with E-state index >= 15 is 0 Å². The van der Waals surface area contributed by atoms with E-state index in [1.165, 1.54) is 6.07 Å². The molecule has 1 aliphatic rings. The summed E-state index contributed by atoms with van der Waals surface area (Å²) in [6.07, 6.45) is -2.05. The van der Waals surface area contributed by atoms with Crippen LogP contribution in [0.2, 0.25) is 0 Å². The van der Waals surface area contributed by atoms with E-state index in [-0.39, 0.29) is 11.4 Å². The number of amides is 1. The standard InChI is InChI=1S/C23H23N7O/c1-15-25-14-20(29(15)2)18-6-5-17-13-26-21(12-19(17)27-18)28-23(31)16-7-8-24-22(11-16)30-9-3-4-10-30/h5-8,11-14H,3-4,9-10H2,1-2H3,(H,26,28,31)/i3D2,4D2,9D2,10D2. The number of aryl methyl sites for hydroxylation is 1. The maximum atomic E-state index is 13.1. The van der Waals surface area contributed by atoms with Gasteiger partial charge in [0.15, 0.2) is 0 Å². The van der Waals surface area contributed by atoms with Crippen LogP contribution in [0.25, 0.3) is 22.3 Å². The topological polar surface area (TPSA) is 88.8 Å². The fourth-order valence-electron chi connectivity index (χ4n) is 3.15. The minimum absolute atomic E-state index is 0.0476. The molecule has 4 aromatic rings. The van der Waals surface area contributed by atoms with Crippen LogP contribution in [0, 0.1) is 6.92 Å². The van der Waals surface area contributed by atoms with Gasteiger partial charge in [-0.15, -0.1) is 0 Å². The number of carbonyl (C=O) groups is 1. The van der Waals surface area contributed by atoms with Gasteiger partial charge >= 0.3 is 0 Å². The predicted octanol–water partition coefficient (Wildman–Crippen LogP) is 3.59. The van der Waals surface area contributed by atoms with Crippen molar-refractivity contribution in [3.63, 3.8) is 0 Å². The highest BCUT2D eigenvalue weighted by atomic mass is 16.1. The summed E-state index contributed by atoms with van der Waals surface area (Å²) in [4.78, 5) is 30.5. The van der Waals surface area contributed by atoms with Gasteiger partial charge in [0, 0.05) is 60.4 Å². The van der Waals surface area contributed by atoms with Crippen molar-refractivity contribution in [1.82, 2.24) is 24.5 Å². The Bertz CT molecular complexity index is 1600. The Morgan fingerprint density at radius 3 is 2.71 bits per heavy atom. The molecule has 1 aliphatic heterocycles. The third-order valence-corrected chi connectivity index (χ3v) is 4.93. The molecule has 8 nitrogen and oxygen atoms in total. The van der Waals surface area contributed by atoms with E-state index < -0.39 is 37.5 Å². The number of anilines is 2. The van der Waals surface area contributed by atoms with Gasteiger partial charge in [0.1, 0.15) is 17.5 Å². The number of rotatable bonds is 4. The van der Waals surface area contributed by atoms with E-state index in [2.05, 4.69) is 25.3 Å². The van der Waals surface area contributed by atoms with Crippen LogP contribution < -0.4 is 10.2 Å². The van der Waals surface area contributed by atoms with Gasteiger partial charge in [0.2, 0.25) is 0 Å². The zero-order valence-electron chi connectivity index (χ0n) is 24.7. The molecule has 1 fully saturated rings. The van der Waals surface area contributed by atoms with Gasteiger partial charge < -0.3 is 14.8 Å². The van der Waals surface area contributed by atoms with Crippen molar-refractivity contribution in [1.29, 1.82) is 0 Å². The molecule has 0 radical (unpaired) electrons. The van der Waals surface area contributed by atoms with Gasteiger partial charge in [-0.25, -0.2) is 19.9 Å². The molecule has 5 rings (SSSR count). The number of imidazole rings is 1. The molecule has 31 heavy (non-hydrogen) atoms. The largest absolute Gasteiger partial charge is 0.357 e. The van der Waals surface area contributed by atoms with Crippen LogP contribution in [0.3, 0.4) is 0 Å². The number of fused-ring (bicyclic) bond motifs is 1. The first-order valence-corrected chi connectivity index (χ1v) is 9.43. The first kappa shape index (κ1) is 12.1. The summed E-state index contributed by atoms with van der Waals surface area (Å²) in [6, 6.07) is 7.67. The summed E-state index contributed by atoms with van der Waals surface area (Å²) < 4.78 is 66.6. The van der Waals surface area contributed by atoms with Crippen LogP contribution in [-0.2, 0) is 7.05 Å². The Kier molecular flexibility index (Phi) is 3.05. The summed E-state index contributed by atoms with van der Waals surface area (Å²) in [5, 5.41) is 3.37. The van der Waals surface area contributed by atoms with Crippen molar-refractivity contribution in [2.24, 2.45) is 7.05 Å². The molecule has 0 aliphatic carbocycles. The zero-order valence-corrected chi connectivity index (χ0v) is 16.7. The van der Waals surface area contributed by atoms with Crippen molar-refractivity contribution in [3.05, 3.63) is 60.3 Å². The molecular weight excluding hydrogens is 390 g/mol. The maximum absolute atomic E-state index is 13.1. The summed E-state index contributed by atoms with van der Waals surface area (Å²) in [5.74, 6) is -0.104. The van der Waals surface area contributed by atoms with E-state index in [1.54, 1.807) is 18.5 Å². The van der Waals surface area contributed by atoms with Crippen molar-refractivity contribution in [2.75, 3.05) is 23.2 Å². The average molecular weight is 422 g/mol. The lowest BCUT2D eigenvalue weighted by Gasteiger charge is -2.16. The summed E-state index contributed by atoms with van der Waals surface area (Å²) in [6.45, 7) is -4.35. The molecule has 0 atom stereocenters. The van der Waals surface area contributed by atoms with Crippen molar-refractivity contribution in [3.8, 4) is 11.4 Å². The van der Waals surface area contributed by atoms with Crippen LogP contribution in [0.4, 0.5) is 11.6 Å². The number of hydrogen-bond acceptors (Lipinski definition) is 6. The quantitative estimate of drug-likeness (QED) is 0.542. The van der Waals surface area contributed by atoms with Gasteiger partial charge in [-0.1, -0.05) is 0 Å². The van der Waals surface area contributed by atoms with Crippen LogP contribution in [-0.4, -0.2) is 43.4 Å². The van der Waals surface area contributed by atoms with Crippen LogP contribution in [0.1, 0.15) is 39.9 Å². The Hall–Kier alpha value is -3.81. The summed E-state index contributed by atoms with van der Waals surface area (Å²) >= 11 is 0. The van der Waals surface area contributed by atoms with Gasteiger partial charge in [-0.05, 0) is 43.9 Å². The van der Waals surface area contributed by atoms with E-state index in [9.17, 15) is 4.79 Å². The fraction of sp³-hybridized carbons (Fsp3) is 0.261. The third-order valence-electron chi connectivity index (χ3n) is 4.93. The molecule has 1 saturated heterocycles. The minimum Gasteiger partial charge on any atom is -0.357 e. The third kappa shape index (κ3) is 3.72. The molecule has 4 aromatic heterocycles. The predicted molar refractivity (Wildman–Crippen MR) is 120 cm³/mol. The number of nitrogens with one attached hydrogen (secondary N) is 1. The molecule has 0 aromatic carbocycles. The Morgan fingerprint density at radius 2 is 1.94 bits per heavy atom. The highest BCUT2D eigenvalue weighted by molar-refractivity contribution is 6.04. The average Bonchev–Trinajstić information content (AvgIpc) is 3.23. The number of hydrogen-bond donors (Lipinski definition) is 1. The van der Waals surface area contributed by atoms with E-state index in [0.717, 1.165) is 29.2 Å². The number of nitrogens with zero attached hydrogens (tertiary/aromatic N) is 6. The fourth-order valence-corrected chi connectivity index (χ4v) is 3.15. The highest BCUT2D eigenvalue weighted by Crippen LogP contribution is 2.23. The first-order chi connectivity index (χ1) is 18.1. The highest BCUT2D eigenvalue weighted by Gasteiger charge is 2.16. The SMILES string of the molecule is [2H]C1([2H])N(c2cc(C(=O)Nc3cc4nc(-c5cnc(C)n5C)ccc4cn3)ccn2)C([2H])([2H])C([2H])([2H])C1([2H])[2H]. The van der Waals surface area contributed by atoms with Crippen molar-refractivity contribution in [2.45, 2.75) is 19.7 Å². The lowest BCUT2D eigenvalue weighted by Crippen LogP contribution is -2.20. The normalized spacial score (nSPS) is 24.0. The number of aromatic nitrogens is 5. The lowest BCUT2D eigenvalue weighted by molar-refractivity contribution is 0.102. The monoisotopic (exact) mass is 421 g/mol. The summed E-state index contributed by atoms with van der Waals surface area (Å²) in [7, 11) is 1.88. The second kappa shape index (κ2) is 7.79. The maximum Gasteiger partial charge on any atom is 0.257 e. The molecule has 5 heterocycles. The zero-order chi connectivity index (χ0) is 28.5. The Morgan fingerprint density at radius 1 is 1.10 bits per heavy atom. The molecule has 0 saturated carbocycles. The second-order valence-electron chi connectivity index (χ2n) is 6.87. The minimum atomic E-state index is -3.22. The number of carbonyl (C=O) groups excluding carboxylic acids is 1. The lowest BCUT2D eigenvalue weighted by atomic mass is 10.2. The van der Waals surface area contributed by atoms with Crippen LogP contribution in [0.5, 0.6) is 0 Å². The van der Waals surface area contributed by atoms with E-state index in [0.29, 0.717) is 16.1 Å². The molecule has 1 N–H and O–H groups in total. The molecule has 8 heteroatoms. The van der Waals surface area contributed by atoms with E-state index in [1.807, 2.05) is 30.7 Å². The van der Waals surface area contributed by atoms with E-state index in [4.69, 9.17) is 11.0 Å². The molecule has 0 spiro atoms. The van der Waals surface area contributed by atoms with Gasteiger partial charge in [-0.3, -0.25) is 4.79 Å². The smallest absolute Gasteiger partial charge is 0.257 e. The summed E-state index contributed by atoms with van der Waals surface area (Å²) in [5.41, 5.74) is 2.02. The first-order valence-electron chi connectivity index (χ1n) is 13.4. The second-order valence-corrected chi connectivity index (χ2v) is 6.87. The van der Waals surface area contributed by atoms with Crippen molar-refractivity contribution >= 4 is 28.4 Å². The van der Waals surface area contributed by atoms with Crippen LogP contribution >= 0.6 is 0 Å². The molecule has 0 bridgehead atoms. The van der Waals surface area contributed by atoms with Crippen molar-refractivity contribution < 1.29 is 15.8 Å². The molecular formula is C23H23N7O. The Labute approximate surface area is 191 Å². The molecule has 0 unspecified atom stereocenters. The van der Waals surface area contributed by atoms with Gasteiger partial charge in [0.05, 0.1) is 23.1 Å². The molecule has 1 amide bonds. The van der Waals surface area contributed by atoms with Gasteiger partial charge in [-0.2, -0.15) is 0 Å². The van der Waals surface area contributed by atoms with Crippen LogP contribution in [0.15, 0.2) is 48.9 Å². The molecule has 156 valence electrons. The number of pyridine rings is 3.